The first kappa shape index (κ1) is 22.5. The minimum Gasteiger partial charge on any atom is -0.493 e. The average molecular weight is 461 g/mol. The van der Waals surface area contributed by atoms with Gasteiger partial charge in [0.05, 0.1) is 30.0 Å². The molecule has 2 aromatic rings. The molecule has 31 heavy (non-hydrogen) atoms. The number of methoxy groups -OCH3 is 1. The summed E-state index contributed by atoms with van der Waals surface area (Å²) in [4.78, 5) is 12.7. The lowest BCUT2D eigenvalue weighted by Gasteiger charge is -2.15. The molecule has 0 bridgehead atoms. The highest BCUT2D eigenvalue weighted by molar-refractivity contribution is 6.33. The smallest absolute Gasteiger partial charge is 0.280 e. The number of amides is 1. The number of carbonyl (C=O) groups is 1. The third-order valence-electron chi connectivity index (χ3n) is 4.31. The van der Waals surface area contributed by atoms with Crippen LogP contribution in [0.3, 0.4) is 0 Å². The van der Waals surface area contributed by atoms with Crippen molar-refractivity contribution in [1.29, 1.82) is 0 Å². The number of ether oxygens (including phenoxy) is 2. The summed E-state index contributed by atoms with van der Waals surface area (Å²) in [5.41, 5.74) is -1.28. The van der Waals surface area contributed by atoms with Gasteiger partial charge in [0, 0.05) is 0 Å². The molecule has 1 heterocycles. The fourth-order valence-electron chi connectivity index (χ4n) is 2.89. The Morgan fingerprint density at radius 1 is 1.06 bits per heavy atom. The van der Waals surface area contributed by atoms with E-state index in [1.807, 2.05) is 0 Å². The van der Waals surface area contributed by atoms with Crippen LogP contribution in [0, 0.1) is 29.1 Å². The maximum atomic E-state index is 14.1. The number of rotatable bonds is 5. The maximum absolute atomic E-state index is 14.1. The van der Waals surface area contributed by atoms with E-state index in [1.165, 1.54) is 32.2 Å². The van der Waals surface area contributed by atoms with Crippen LogP contribution >= 0.6 is 11.6 Å². The number of anilines is 1. The first-order valence-corrected chi connectivity index (χ1v) is 9.13. The second-order valence-electron chi connectivity index (χ2n) is 6.25. The van der Waals surface area contributed by atoms with Crippen LogP contribution in [-0.4, -0.2) is 25.3 Å². The summed E-state index contributed by atoms with van der Waals surface area (Å²) < 4.78 is 79.3. The van der Waals surface area contributed by atoms with Crippen molar-refractivity contribution in [2.75, 3.05) is 18.7 Å². The quantitative estimate of drug-likeness (QED) is 0.265. The highest BCUT2D eigenvalue weighted by Gasteiger charge is 2.37. The largest absolute Gasteiger partial charge is 0.493 e. The van der Waals surface area contributed by atoms with Gasteiger partial charge < -0.3 is 9.47 Å². The van der Waals surface area contributed by atoms with Crippen molar-refractivity contribution >= 4 is 35.0 Å². The Morgan fingerprint density at radius 3 is 2.19 bits per heavy atom. The Morgan fingerprint density at radius 2 is 1.65 bits per heavy atom. The van der Waals surface area contributed by atoms with Gasteiger partial charge in [0.1, 0.15) is 5.69 Å². The summed E-state index contributed by atoms with van der Waals surface area (Å²) >= 11 is 6.19. The molecule has 3 rings (SSSR count). The Balaban J connectivity index is 2.07. The number of carbonyl (C=O) groups excluding carboxylic acids is 1. The van der Waals surface area contributed by atoms with Crippen LogP contribution in [0.25, 0.3) is 6.08 Å². The predicted octanol–water partition coefficient (Wildman–Crippen LogP) is 5.25. The van der Waals surface area contributed by atoms with Crippen LogP contribution in [0.5, 0.6) is 11.5 Å². The van der Waals surface area contributed by atoms with Gasteiger partial charge in [-0.15, -0.1) is 0 Å². The van der Waals surface area contributed by atoms with E-state index < -0.39 is 40.7 Å². The van der Waals surface area contributed by atoms with Crippen LogP contribution in [0.2, 0.25) is 5.02 Å². The molecule has 0 fully saturated rings. The van der Waals surface area contributed by atoms with Crippen molar-refractivity contribution in [2.45, 2.75) is 13.8 Å². The van der Waals surface area contributed by atoms with Gasteiger partial charge in [-0.2, -0.15) is 10.1 Å². The fraction of sp³-hybridized carbons (Fsp3) is 0.200. The fourth-order valence-corrected chi connectivity index (χ4v) is 3.16. The molecule has 0 saturated heterocycles. The van der Waals surface area contributed by atoms with Gasteiger partial charge in [-0.25, -0.2) is 22.0 Å². The van der Waals surface area contributed by atoms with Gasteiger partial charge in [-0.3, -0.25) is 4.79 Å². The SMILES string of the molecule is CCOc1c(Cl)cc(/C=C2/C(=O)N(c3c(F)c(F)c(F)c(F)c3F)N=C2C)cc1OC. The highest BCUT2D eigenvalue weighted by Crippen LogP contribution is 2.38. The molecule has 2 aromatic carbocycles. The molecular weight excluding hydrogens is 447 g/mol. The molecule has 0 aromatic heterocycles. The molecule has 0 unspecified atom stereocenters. The lowest BCUT2D eigenvalue weighted by molar-refractivity contribution is -0.114. The lowest BCUT2D eigenvalue weighted by Crippen LogP contribution is -2.25. The Bertz CT molecular complexity index is 1120. The van der Waals surface area contributed by atoms with Crippen LogP contribution in [-0.2, 0) is 4.79 Å². The first-order chi connectivity index (χ1) is 14.6. The summed E-state index contributed by atoms with van der Waals surface area (Å²) in [7, 11) is 1.38. The van der Waals surface area contributed by atoms with Gasteiger partial charge in [-0.1, -0.05) is 11.6 Å². The zero-order chi connectivity index (χ0) is 23.0. The van der Waals surface area contributed by atoms with Crippen molar-refractivity contribution in [3.63, 3.8) is 0 Å². The van der Waals surface area contributed by atoms with Crippen molar-refractivity contribution in [3.05, 3.63) is 57.4 Å². The van der Waals surface area contributed by atoms with E-state index in [1.54, 1.807) is 6.92 Å². The zero-order valence-corrected chi connectivity index (χ0v) is 17.1. The molecule has 164 valence electrons. The van der Waals surface area contributed by atoms with E-state index in [4.69, 9.17) is 21.1 Å². The molecule has 1 aliphatic rings. The minimum absolute atomic E-state index is 0.0158. The first-order valence-electron chi connectivity index (χ1n) is 8.75. The summed E-state index contributed by atoms with van der Waals surface area (Å²) in [6.45, 7) is 3.40. The van der Waals surface area contributed by atoms with Gasteiger partial charge in [0.25, 0.3) is 5.91 Å². The van der Waals surface area contributed by atoms with Crippen LogP contribution in [0.15, 0.2) is 22.8 Å². The lowest BCUT2D eigenvalue weighted by atomic mass is 10.1. The zero-order valence-electron chi connectivity index (χ0n) is 16.3. The molecule has 0 atom stereocenters. The number of hydrogen-bond donors (Lipinski definition) is 0. The van der Waals surface area contributed by atoms with E-state index in [0.29, 0.717) is 12.2 Å². The Kier molecular flexibility index (Phi) is 6.21. The van der Waals surface area contributed by atoms with Crippen LogP contribution in [0.4, 0.5) is 27.6 Å². The molecule has 0 N–H and O–H groups in total. The van der Waals surface area contributed by atoms with Crippen molar-refractivity contribution in [1.82, 2.24) is 0 Å². The monoisotopic (exact) mass is 460 g/mol. The number of halogens is 6. The Hall–Kier alpha value is -3.14. The second kappa shape index (κ2) is 8.54. The van der Waals surface area contributed by atoms with E-state index in [9.17, 15) is 26.7 Å². The Labute approximate surface area is 178 Å². The number of benzene rings is 2. The van der Waals surface area contributed by atoms with E-state index in [-0.39, 0.29) is 32.8 Å². The third-order valence-corrected chi connectivity index (χ3v) is 4.59. The molecule has 0 spiro atoms. The number of nitrogens with zero attached hydrogens (tertiary/aromatic N) is 2. The average Bonchev–Trinajstić information content (AvgIpc) is 3.00. The third kappa shape index (κ3) is 3.83. The summed E-state index contributed by atoms with van der Waals surface area (Å²) in [5.74, 6) is -11.6. The molecule has 0 radical (unpaired) electrons. The van der Waals surface area contributed by atoms with Gasteiger partial charge in [-0.05, 0) is 37.6 Å². The minimum atomic E-state index is -2.34. The summed E-state index contributed by atoms with van der Waals surface area (Å²) in [6.07, 6.45) is 1.29. The topological polar surface area (TPSA) is 51.1 Å². The number of hydrogen-bond acceptors (Lipinski definition) is 4. The molecule has 5 nitrogen and oxygen atoms in total. The maximum Gasteiger partial charge on any atom is 0.280 e. The summed E-state index contributed by atoms with van der Waals surface area (Å²) in [6, 6.07) is 2.94. The molecule has 1 aliphatic heterocycles. The molecule has 0 saturated carbocycles. The number of hydrazone groups is 1. The van der Waals surface area contributed by atoms with Crippen molar-refractivity contribution < 1.29 is 36.2 Å². The van der Waals surface area contributed by atoms with E-state index in [0.717, 1.165) is 0 Å². The normalized spacial score (nSPS) is 15.0. The molecule has 0 aliphatic carbocycles. The van der Waals surface area contributed by atoms with E-state index in [2.05, 4.69) is 5.10 Å². The molecular formula is C20H14ClF5N2O3. The summed E-state index contributed by atoms with van der Waals surface area (Å²) in [5, 5.41) is 3.97. The van der Waals surface area contributed by atoms with Crippen molar-refractivity contribution in [3.8, 4) is 11.5 Å². The van der Waals surface area contributed by atoms with Crippen LogP contribution in [0.1, 0.15) is 19.4 Å². The predicted molar refractivity (Wildman–Crippen MR) is 104 cm³/mol. The van der Waals surface area contributed by atoms with Gasteiger partial charge >= 0.3 is 0 Å². The van der Waals surface area contributed by atoms with Gasteiger partial charge in [0.2, 0.25) is 5.82 Å². The van der Waals surface area contributed by atoms with E-state index >= 15 is 0 Å². The standard InChI is InChI=1S/C20H14ClF5N2O3/c1-4-31-19-11(21)6-9(7-12(19)30-3)5-10-8(2)27-28(20(10)29)18-16(25)14(23)13(22)15(24)17(18)26/h5-7H,4H2,1-3H3/b10-5+. The van der Waals surface area contributed by atoms with Crippen LogP contribution < -0.4 is 14.5 Å². The van der Waals surface area contributed by atoms with Gasteiger partial charge in [0.15, 0.2) is 34.8 Å². The highest BCUT2D eigenvalue weighted by atomic mass is 35.5. The van der Waals surface area contributed by atoms with Crippen molar-refractivity contribution in [2.24, 2.45) is 5.10 Å². The second-order valence-corrected chi connectivity index (χ2v) is 6.65. The molecule has 11 heteroatoms. The molecule has 1 amide bonds.